The monoisotopic (exact) mass is 461 g/mol. The Morgan fingerprint density at radius 2 is 1.66 bits per heavy atom. The molecule has 0 aromatic heterocycles. The first-order valence-corrected chi connectivity index (χ1v) is 9.96. The van der Waals surface area contributed by atoms with E-state index in [9.17, 15) is 14.4 Å². The Morgan fingerprint density at radius 1 is 1.00 bits per heavy atom. The molecule has 3 amide bonds. The number of carbonyl (C=O) groups is 3. The van der Waals surface area contributed by atoms with Crippen molar-refractivity contribution < 1.29 is 19.1 Å². The van der Waals surface area contributed by atoms with Gasteiger partial charge in [-0.05, 0) is 54.8 Å². The standard InChI is InChI=1S/C21H24BrN3O4/c1-13(2)10-11-29-19-9-6-16(22)12-18(19)21(28)25-24-20(27)15-4-7-17(8-5-15)23-14(3)26/h4-9,12-13H,10-11H2,1-3H3,(H,23,26)(H,24,27)(H,25,28). The fourth-order valence-electron chi connectivity index (χ4n) is 2.37. The van der Waals surface area contributed by atoms with Crippen molar-refractivity contribution in [1.29, 1.82) is 0 Å². The number of amides is 3. The fraction of sp³-hybridized carbons (Fsp3) is 0.286. The summed E-state index contributed by atoms with van der Waals surface area (Å²) in [6.45, 7) is 6.08. The van der Waals surface area contributed by atoms with Crippen LogP contribution in [0.1, 0.15) is 47.9 Å². The van der Waals surface area contributed by atoms with Crippen LogP contribution in [0.15, 0.2) is 46.9 Å². The van der Waals surface area contributed by atoms with Gasteiger partial charge in [0.25, 0.3) is 11.8 Å². The van der Waals surface area contributed by atoms with E-state index in [1.807, 2.05) is 0 Å². The Morgan fingerprint density at radius 3 is 2.28 bits per heavy atom. The van der Waals surface area contributed by atoms with Crippen molar-refractivity contribution >= 4 is 39.3 Å². The normalized spacial score (nSPS) is 10.4. The molecule has 7 nitrogen and oxygen atoms in total. The minimum absolute atomic E-state index is 0.199. The predicted molar refractivity (Wildman–Crippen MR) is 115 cm³/mol. The van der Waals surface area contributed by atoms with Crippen LogP contribution in [0.25, 0.3) is 0 Å². The molecule has 0 aliphatic heterocycles. The van der Waals surface area contributed by atoms with Crippen molar-refractivity contribution in [3.63, 3.8) is 0 Å². The highest BCUT2D eigenvalue weighted by atomic mass is 79.9. The van der Waals surface area contributed by atoms with Gasteiger partial charge in [0.2, 0.25) is 5.91 Å². The molecule has 0 heterocycles. The molecule has 0 atom stereocenters. The van der Waals surface area contributed by atoms with Gasteiger partial charge in [-0.15, -0.1) is 0 Å². The Balaban J connectivity index is 2.00. The van der Waals surface area contributed by atoms with Crippen molar-refractivity contribution in [2.45, 2.75) is 27.2 Å². The predicted octanol–water partition coefficient (Wildman–Crippen LogP) is 3.91. The minimum atomic E-state index is -0.492. The second-order valence-corrected chi connectivity index (χ2v) is 7.75. The van der Waals surface area contributed by atoms with Crippen LogP contribution in [0.5, 0.6) is 5.75 Å². The third-order valence-electron chi connectivity index (χ3n) is 3.90. The van der Waals surface area contributed by atoms with E-state index in [0.29, 0.717) is 35.1 Å². The Labute approximate surface area is 178 Å². The molecular formula is C21H24BrN3O4. The van der Waals surface area contributed by atoms with E-state index in [-0.39, 0.29) is 5.91 Å². The van der Waals surface area contributed by atoms with Gasteiger partial charge < -0.3 is 10.1 Å². The maximum atomic E-state index is 12.6. The molecule has 8 heteroatoms. The van der Waals surface area contributed by atoms with Crippen molar-refractivity contribution in [1.82, 2.24) is 10.9 Å². The molecule has 0 radical (unpaired) electrons. The molecule has 2 aromatic rings. The van der Waals surface area contributed by atoms with E-state index in [1.165, 1.54) is 6.92 Å². The lowest BCUT2D eigenvalue weighted by Gasteiger charge is -2.14. The van der Waals surface area contributed by atoms with Gasteiger partial charge in [-0.3, -0.25) is 25.2 Å². The van der Waals surface area contributed by atoms with E-state index in [0.717, 1.165) is 10.9 Å². The molecular weight excluding hydrogens is 438 g/mol. The summed E-state index contributed by atoms with van der Waals surface area (Å²) < 4.78 is 6.45. The summed E-state index contributed by atoms with van der Waals surface area (Å²) in [6.07, 6.45) is 0.863. The highest BCUT2D eigenvalue weighted by Gasteiger charge is 2.15. The number of nitrogens with one attached hydrogen (secondary N) is 3. The van der Waals surface area contributed by atoms with E-state index < -0.39 is 11.8 Å². The van der Waals surface area contributed by atoms with Crippen LogP contribution in [0.2, 0.25) is 0 Å². The topological polar surface area (TPSA) is 96.5 Å². The van der Waals surface area contributed by atoms with Crippen LogP contribution in [-0.2, 0) is 4.79 Å². The smallest absolute Gasteiger partial charge is 0.273 e. The molecule has 0 aliphatic carbocycles. The van der Waals surface area contributed by atoms with Gasteiger partial charge in [-0.1, -0.05) is 29.8 Å². The van der Waals surface area contributed by atoms with Crippen LogP contribution >= 0.6 is 15.9 Å². The quantitative estimate of drug-likeness (QED) is 0.544. The number of hydrogen-bond acceptors (Lipinski definition) is 4. The number of anilines is 1. The minimum Gasteiger partial charge on any atom is -0.493 e. The number of rotatable bonds is 7. The molecule has 0 bridgehead atoms. The largest absolute Gasteiger partial charge is 0.493 e. The van der Waals surface area contributed by atoms with Crippen molar-refractivity contribution in [2.24, 2.45) is 5.92 Å². The zero-order chi connectivity index (χ0) is 21.4. The number of benzene rings is 2. The van der Waals surface area contributed by atoms with Gasteiger partial charge in [-0.2, -0.15) is 0 Å². The molecule has 0 saturated carbocycles. The van der Waals surface area contributed by atoms with Crippen molar-refractivity contribution in [3.8, 4) is 5.75 Å². The molecule has 0 fully saturated rings. The molecule has 154 valence electrons. The van der Waals surface area contributed by atoms with Crippen molar-refractivity contribution in [3.05, 3.63) is 58.1 Å². The van der Waals surface area contributed by atoms with Gasteiger partial charge in [0.1, 0.15) is 5.75 Å². The molecule has 2 aromatic carbocycles. The van der Waals surface area contributed by atoms with Gasteiger partial charge in [0, 0.05) is 22.6 Å². The van der Waals surface area contributed by atoms with E-state index in [2.05, 4.69) is 45.9 Å². The lowest BCUT2D eigenvalue weighted by atomic mass is 10.1. The number of hydrogen-bond donors (Lipinski definition) is 3. The van der Waals surface area contributed by atoms with Gasteiger partial charge in [0.05, 0.1) is 12.2 Å². The lowest BCUT2D eigenvalue weighted by Crippen LogP contribution is -2.41. The maximum Gasteiger partial charge on any atom is 0.273 e. The third-order valence-corrected chi connectivity index (χ3v) is 4.39. The summed E-state index contributed by atoms with van der Waals surface area (Å²) in [4.78, 5) is 35.9. The zero-order valence-electron chi connectivity index (χ0n) is 16.5. The van der Waals surface area contributed by atoms with Gasteiger partial charge in [-0.25, -0.2) is 0 Å². The summed E-state index contributed by atoms with van der Waals surface area (Å²) in [5.74, 6) is -0.242. The second kappa shape index (κ2) is 10.6. The average molecular weight is 462 g/mol. The summed E-state index contributed by atoms with van der Waals surface area (Å²) in [6, 6.07) is 11.4. The van der Waals surface area contributed by atoms with Gasteiger partial charge in [0.15, 0.2) is 0 Å². The summed E-state index contributed by atoms with van der Waals surface area (Å²) >= 11 is 3.34. The van der Waals surface area contributed by atoms with Gasteiger partial charge >= 0.3 is 0 Å². The van der Waals surface area contributed by atoms with Crippen LogP contribution < -0.4 is 20.9 Å². The Kier molecular flexibility index (Phi) is 8.21. The summed E-state index contributed by atoms with van der Waals surface area (Å²) in [7, 11) is 0. The van der Waals surface area contributed by atoms with Crippen LogP contribution in [0.3, 0.4) is 0 Å². The van der Waals surface area contributed by atoms with E-state index in [1.54, 1.807) is 42.5 Å². The molecule has 0 saturated heterocycles. The first-order valence-electron chi connectivity index (χ1n) is 9.17. The fourth-order valence-corrected chi connectivity index (χ4v) is 2.73. The van der Waals surface area contributed by atoms with E-state index in [4.69, 9.17) is 4.74 Å². The molecule has 0 aliphatic rings. The van der Waals surface area contributed by atoms with Crippen LogP contribution in [-0.4, -0.2) is 24.3 Å². The highest BCUT2D eigenvalue weighted by molar-refractivity contribution is 9.10. The Bertz CT molecular complexity index is 882. The number of hydrazine groups is 1. The van der Waals surface area contributed by atoms with Crippen molar-refractivity contribution in [2.75, 3.05) is 11.9 Å². The first kappa shape index (κ1) is 22.4. The summed E-state index contributed by atoms with van der Waals surface area (Å²) in [5.41, 5.74) is 6.01. The number of ether oxygens (including phenoxy) is 1. The lowest BCUT2D eigenvalue weighted by molar-refractivity contribution is -0.114. The molecule has 0 unspecified atom stereocenters. The van der Waals surface area contributed by atoms with E-state index >= 15 is 0 Å². The zero-order valence-corrected chi connectivity index (χ0v) is 18.1. The Hall–Kier alpha value is -2.87. The number of halogens is 1. The van der Waals surface area contributed by atoms with Crippen LogP contribution in [0, 0.1) is 5.92 Å². The average Bonchev–Trinajstić information content (AvgIpc) is 2.66. The maximum absolute atomic E-state index is 12.6. The SMILES string of the molecule is CC(=O)Nc1ccc(C(=O)NNC(=O)c2cc(Br)ccc2OCCC(C)C)cc1. The number of carbonyl (C=O) groups excluding carboxylic acids is 3. The molecule has 2 rings (SSSR count). The third kappa shape index (κ3) is 7.23. The molecule has 3 N–H and O–H groups in total. The highest BCUT2D eigenvalue weighted by Crippen LogP contribution is 2.23. The first-order chi connectivity index (χ1) is 13.8. The summed E-state index contributed by atoms with van der Waals surface area (Å²) in [5, 5.41) is 2.62. The van der Waals surface area contributed by atoms with Crippen LogP contribution in [0.4, 0.5) is 5.69 Å². The molecule has 0 spiro atoms. The second-order valence-electron chi connectivity index (χ2n) is 6.84. The molecule has 29 heavy (non-hydrogen) atoms.